The molecule has 0 atom stereocenters. The predicted octanol–water partition coefficient (Wildman–Crippen LogP) is 0.0494. The fraction of sp³-hybridized carbons (Fsp3) is 0.429. The van der Waals surface area contributed by atoms with E-state index in [1.165, 1.54) is 13.0 Å². The van der Waals surface area contributed by atoms with Gasteiger partial charge in [-0.2, -0.15) is 0 Å². The Labute approximate surface area is 168 Å². The van der Waals surface area contributed by atoms with Crippen LogP contribution in [0.15, 0.2) is 6.07 Å². The molecule has 1 aromatic carbocycles. The zero-order valence-electron chi connectivity index (χ0n) is 13.6. The molecule has 0 heterocycles. The maximum atomic E-state index is 13.1. The number of nitrogens with two attached hydrogens (primary N) is 1. The van der Waals surface area contributed by atoms with Crippen molar-refractivity contribution in [2.45, 2.75) is 40.0 Å². The second-order valence-electron chi connectivity index (χ2n) is 6.03. The summed E-state index contributed by atoms with van der Waals surface area (Å²) in [6.07, 6.45) is 0. The second kappa shape index (κ2) is 7.82. The molecule has 0 bridgehead atoms. The van der Waals surface area contributed by atoms with Crippen molar-refractivity contribution in [1.29, 1.82) is 0 Å². The van der Waals surface area contributed by atoms with E-state index >= 15 is 0 Å². The van der Waals surface area contributed by atoms with Crippen LogP contribution in [0.2, 0.25) is 19.6 Å². The molecule has 1 nitrogen and oxygen atoms in total. The van der Waals surface area contributed by atoms with Gasteiger partial charge in [-0.1, -0.05) is 37.2 Å². The first kappa shape index (κ1) is 21.4. The van der Waals surface area contributed by atoms with Crippen molar-refractivity contribution >= 4 is 20.5 Å². The molecule has 1 aromatic rings. The molecular weight excluding hydrogens is 317 g/mol. The normalized spacial score (nSPS) is 11.5. The first-order valence-electron chi connectivity index (χ1n) is 6.53. The van der Waals surface area contributed by atoms with Gasteiger partial charge in [-0.3, -0.25) is 0 Å². The van der Waals surface area contributed by atoms with Gasteiger partial charge in [0.1, 0.15) is 8.07 Å². The van der Waals surface area contributed by atoms with E-state index in [-0.39, 0.29) is 63.5 Å². The van der Waals surface area contributed by atoms with E-state index in [0.29, 0.717) is 11.1 Å². The average Bonchev–Trinajstić information content (AvgIpc) is 2.25. The van der Waals surface area contributed by atoms with Crippen LogP contribution in [0.25, 0.3) is 0 Å². The van der Waals surface area contributed by atoms with E-state index in [2.05, 4.69) is 31.1 Å². The third-order valence-electron chi connectivity index (χ3n) is 3.13. The van der Waals surface area contributed by atoms with Crippen molar-refractivity contribution in [1.82, 2.24) is 0 Å². The Bertz CT molecular complexity index is 583. The van der Waals surface area contributed by atoms with E-state index in [4.69, 9.17) is 5.73 Å². The summed E-state index contributed by atoms with van der Waals surface area (Å²) >= 11 is 0. The summed E-state index contributed by atoms with van der Waals surface area (Å²) in [5.74, 6) is 2.97. The van der Waals surface area contributed by atoms with E-state index in [9.17, 15) is 12.9 Å². The van der Waals surface area contributed by atoms with Gasteiger partial charge in [0.25, 0.3) is 0 Å². The Morgan fingerprint density at radius 2 is 1.67 bits per heavy atom. The van der Waals surface area contributed by atoms with E-state index in [1.807, 2.05) is 0 Å². The molecule has 0 aliphatic carbocycles. The number of hydrogen-bond donors (Lipinski definition) is 1. The Balaban J connectivity index is 0.00000400. The maximum absolute atomic E-state index is 13.1. The summed E-state index contributed by atoms with van der Waals surface area (Å²) in [5, 5.41) is 0. The molecule has 0 amide bonds. The molecule has 0 radical (unpaired) electrons. The van der Waals surface area contributed by atoms with Crippen LogP contribution < -0.4 is 62.6 Å². The molecule has 0 spiro atoms. The van der Waals surface area contributed by atoms with Gasteiger partial charge in [-0.05, 0) is 25.0 Å². The molecule has 7 heteroatoms. The molecule has 2 N–H and O–H groups in total. The molecule has 0 fully saturated rings. The molecular formula is C14H20BF3KNSi. The van der Waals surface area contributed by atoms with E-state index < -0.39 is 20.5 Å². The van der Waals surface area contributed by atoms with Crippen molar-refractivity contribution < 1.29 is 64.3 Å². The summed E-state index contributed by atoms with van der Waals surface area (Å²) < 4.78 is 39.4. The molecule has 0 saturated carbocycles. The van der Waals surface area contributed by atoms with Crippen LogP contribution >= 0.6 is 0 Å². The van der Waals surface area contributed by atoms with Gasteiger partial charge in [0.2, 0.25) is 0 Å². The van der Waals surface area contributed by atoms with Gasteiger partial charge in [0.05, 0.1) is 0 Å². The van der Waals surface area contributed by atoms with Crippen LogP contribution in [0.1, 0.15) is 22.3 Å². The van der Waals surface area contributed by atoms with Gasteiger partial charge < -0.3 is 18.7 Å². The molecule has 110 valence electrons. The first-order valence-corrected chi connectivity index (χ1v) is 10.0. The third kappa shape index (κ3) is 5.86. The minimum Gasteiger partial charge on any atom is -0.445 e. The van der Waals surface area contributed by atoms with Crippen LogP contribution in [0.3, 0.4) is 0 Å². The van der Waals surface area contributed by atoms with Crippen molar-refractivity contribution in [3.63, 3.8) is 0 Å². The minimum absolute atomic E-state index is 0. The number of halogens is 3. The Morgan fingerprint density at radius 1 is 1.14 bits per heavy atom. The smallest absolute Gasteiger partial charge is 0.445 e. The maximum Gasteiger partial charge on any atom is 1.00 e. The Kier molecular flexibility index (Phi) is 7.99. The monoisotopic (exact) mass is 337 g/mol. The van der Waals surface area contributed by atoms with Crippen molar-refractivity contribution in [3.8, 4) is 11.5 Å². The van der Waals surface area contributed by atoms with Gasteiger partial charge in [0.15, 0.2) is 0 Å². The third-order valence-corrected chi connectivity index (χ3v) is 4.00. The van der Waals surface area contributed by atoms with Crippen molar-refractivity contribution in [3.05, 3.63) is 28.3 Å². The van der Waals surface area contributed by atoms with Gasteiger partial charge in [0, 0.05) is 12.1 Å². The largest absolute Gasteiger partial charge is 1.00 e. The summed E-state index contributed by atoms with van der Waals surface area (Å²) in [4.78, 5) is 0. The molecule has 21 heavy (non-hydrogen) atoms. The predicted molar refractivity (Wildman–Crippen MR) is 82.7 cm³/mol. The van der Waals surface area contributed by atoms with Gasteiger partial charge in [-0.25, -0.2) is 0 Å². The zero-order valence-corrected chi connectivity index (χ0v) is 17.7. The zero-order chi connectivity index (χ0) is 15.7. The molecule has 0 aromatic heterocycles. The van der Waals surface area contributed by atoms with E-state index in [0.717, 1.165) is 5.56 Å². The number of benzene rings is 1. The first-order chi connectivity index (χ1) is 8.97. The summed E-state index contributed by atoms with van der Waals surface area (Å²) in [6, 6.07) is 1.17. The van der Waals surface area contributed by atoms with Crippen LogP contribution in [-0.4, -0.2) is 15.1 Å². The quantitative estimate of drug-likeness (QED) is 0.599. The van der Waals surface area contributed by atoms with Crippen molar-refractivity contribution in [2.75, 3.05) is 0 Å². The molecule has 0 saturated heterocycles. The molecule has 1 rings (SSSR count). The van der Waals surface area contributed by atoms with Crippen molar-refractivity contribution in [2.24, 2.45) is 5.73 Å². The fourth-order valence-electron chi connectivity index (χ4n) is 1.98. The minimum atomic E-state index is -5.05. The number of rotatable bonds is 2. The fourth-order valence-corrected chi connectivity index (χ4v) is 2.48. The van der Waals surface area contributed by atoms with E-state index in [1.54, 1.807) is 6.92 Å². The molecule has 0 aliphatic heterocycles. The van der Waals surface area contributed by atoms with Crippen LogP contribution in [-0.2, 0) is 6.54 Å². The van der Waals surface area contributed by atoms with Crippen LogP contribution in [0.4, 0.5) is 12.9 Å². The molecule has 0 unspecified atom stereocenters. The Hall–Kier alpha value is 0.448. The topological polar surface area (TPSA) is 26.0 Å². The standard InChI is InChI=1S/C14H20BF3NSi.K/c1-10-12(9-19)8-14(15(16,17)18)11(2)13(10)6-7-20(3,4)5;/h8H,9,19H2,1-5H3;/q-1;+1. The van der Waals surface area contributed by atoms with Crippen LogP contribution in [0, 0.1) is 25.3 Å². The van der Waals surface area contributed by atoms with Crippen LogP contribution in [0.5, 0.6) is 0 Å². The SMILES string of the molecule is Cc1c(CN)cc([B-](F)(F)F)c(C)c1C#C[Si](C)(C)C.[K+]. The van der Waals surface area contributed by atoms with Gasteiger partial charge in [-0.15, -0.1) is 11.0 Å². The average molecular weight is 337 g/mol. The summed E-state index contributed by atoms with van der Waals surface area (Å²) in [7, 11) is -1.65. The van der Waals surface area contributed by atoms with Gasteiger partial charge >= 0.3 is 58.4 Å². The summed E-state index contributed by atoms with van der Waals surface area (Å²) in [5.41, 5.74) is 10.1. The Morgan fingerprint density at radius 3 is 2.05 bits per heavy atom. The molecule has 0 aliphatic rings. The number of hydrogen-bond acceptors (Lipinski definition) is 1. The second-order valence-corrected chi connectivity index (χ2v) is 10.8. The summed E-state index contributed by atoms with van der Waals surface area (Å²) in [6.45, 7) is 4.51.